The van der Waals surface area contributed by atoms with Crippen molar-refractivity contribution in [2.24, 2.45) is 0 Å². The molecule has 0 spiro atoms. The van der Waals surface area contributed by atoms with Crippen molar-refractivity contribution in [2.75, 3.05) is 0 Å². The highest BCUT2D eigenvalue weighted by molar-refractivity contribution is 7.86. The van der Waals surface area contributed by atoms with Crippen molar-refractivity contribution in [2.45, 2.75) is 31.2 Å². The molecule has 0 unspecified atom stereocenters. The van der Waals surface area contributed by atoms with Crippen molar-refractivity contribution in [1.29, 1.82) is 0 Å². The highest BCUT2D eigenvalue weighted by Gasteiger charge is 2.31. The van der Waals surface area contributed by atoms with Crippen LogP contribution >= 0.6 is 0 Å². The molecule has 0 aliphatic carbocycles. The Kier molecular flexibility index (Phi) is 2.50. The second-order valence-corrected chi connectivity index (χ2v) is 6.14. The van der Waals surface area contributed by atoms with Crippen molar-refractivity contribution < 1.29 is 12.3 Å². The molecule has 0 saturated heterocycles. The molecule has 0 N–H and O–H groups in total. The fourth-order valence-electron chi connectivity index (χ4n) is 1.69. The number of nitrogens with zero attached hydrogens (tertiary/aromatic N) is 2. The highest BCUT2D eigenvalue weighted by atomic mass is 32.3. The van der Waals surface area contributed by atoms with E-state index in [1.54, 1.807) is 39.0 Å². The monoisotopic (exact) mass is 256 g/mol. The lowest BCUT2D eigenvalue weighted by Crippen LogP contribution is -2.16. The number of aromatic nitrogens is 2. The van der Waals surface area contributed by atoms with E-state index in [1.807, 2.05) is 0 Å². The van der Waals surface area contributed by atoms with Crippen LogP contribution in [-0.2, 0) is 15.6 Å². The second-order valence-electron chi connectivity index (χ2n) is 4.88. The van der Waals surface area contributed by atoms with Crippen LogP contribution in [0, 0.1) is 0 Å². The third-order valence-electron chi connectivity index (χ3n) is 2.43. The van der Waals surface area contributed by atoms with Crippen molar-refractivity contribution in [3.05, 3.63) is 30.1 Å². The Balaban J connectivity index is 2.94. The van der Waals surface area contributed by atoms with E-state index in [9.17, 15) is 12.3 Å². The molecule has 0 aliphatic rings. The molecule has 17 heavy (non-hydrogen) atoms. The molecule has 0 saturated carbocycles. The van der Waals surface area contributed by atoms with Gasteiger partial charge in [-0.15, -0.1) is 0 Å². The first kappa shape index (κ1) is 12.0. The molecule has 2 aromatic heterocycles. The summed E-state index contributed by atoms with van der Waals surface area (Å²) in [6.07, 6.45) is 1.49. The van der Waals surface area contributed by atoms with Gasteiger partial charge in [-0.2, -0.15) is 8.42 Å². The van der Waals surface area contributed by atoms with Crippen molar-refractivity contribution in [3.8, 4) is 0 Å². The number of pyridine rings is 1. The SMILES string of the molecule is CC(C)(C)c1nc2ccccn2c1S(=O)(=O)F. The van der Waals surface area contributed by atoms with Crippen molar-refractivity contribution >= 4 is 15.9 Å². The van der Waals surface area contributed by atoms with Crippen LogP contribution in [0.5, 0.6) is 0 Å². The molecule has 2 heterocycles. The Hall–Kier alpha value is -1.43. The number of fused-ring (bicyclic) bond motifs is 1. The van der Waals surface area contributed by atoms with Crippen LogP contribution in [0.1, 0.15) is 26.5 Å². The fourth-order valence-corrected chi connectivity index (χ4v) is 2.67. The van der Waals surface area contributed by atoms with Gasteiger partial charge in [-0.05, 0) is 12.1 Å². The van der Waals surface area contributed by atoms with Crippen LogP contribution in [-0.4, -0.2) is 17.8 Å². The van der Waals surface area contributed by atoms with Gasteiger partial charge in [0.15, 0.2) is 5.03 Å². The summed E-state index contributed by atoms with van der Waals surface area (Å²) < 4.78 is 37.1. The van der Waals surface area contributed by atoms with Crippen LogP contribution in [0.2, 0.25) is 0 Å². The molecule has 0 aliphatic heterocycles. The van der Waals surface area contributed by atoms with E-state index in [1.165, 1.54) is 10.6 Å². The van der Waals surface area contributed by atoms with E-state index in [2.05, 4.69) is 4.98 Å². The smallest absolute Gasteiger partial charge is 0.288 e. The van der Waals surface area contributed by atoms with Crippen LogP contribution < -0.4 is 0 Å². The third-order valence-corrected chi connectivity index (χ3v) is 3.28. The van der Waals surface area contributed by atoms with Gasteiger partial charge in [0, 0.05) is 11.6 Å². The Morgan fingerprint density at radius 2 is 1.94 bits per heavy atom. The number of hydrogen-bond acceptors (Lipinski definition) is 3. The average molecular weight is 256 g/mol. The molecule has 0 atom stereocenters. The Bertz CT molecular complexity index is 668. The average Bonchev–Trinajstić information content (AvgIpc) is 2.54. The van der Waals surface area contributed by atoms with Gasteiger partial charge >= 0.3 is 10.2 Å². The van der Waals surface area contributed by atoms with Gasteiger partial charge in [-0.25, -0.2) is 4.98 Å². The number of rotatable bonds is 1. The first-order valence-corrected chi connectivity index (χ1v) is 6.52. The Labute approximate surface area is 99.3 Å². The maximum Gasteiger partial charge on any atom is 0.350 e. The number of halogens is 1. The van der Waals surface area contributed by atoms with Gasteiger partial charge < -0.3 is 0 Å². The van der Waals surface area contributed by atoms with Gasteiger partial charge in [0.1, 0.15) is 5.65 Å². The van der Waals surface area contributed by atoms with Crippen molar-refractivity contribution in [3.63, 3.8) is 0 Å². The summed E-state index contributed by atoms with van der Waals surface area (Å²) in [6.45, 7) is 5.39. The molecule has 0 amide bonds. The first-order chi connectivity index (χ1) is 7.71. The van der Waals surface area contributed by atoms with Gasteiger partial charge in [-0.3, -0.25) is 4.40 Å². The second kappa shape index (κ2) is 3.53. The van der Waals surface area contributed by atoms with Gasteiger partial charge in [0.2, 0.25) is 0 Å². The molecule has 0 aromatic carbocycles. The van der Waals surface area contributed by atoms with E-state index in [-0.39, 0.29) is 10.7 Å². The predicted molar refractivity (Wildman–Crippen MR) is 62.2 cm³/mol. The quantitative estimate of drug-likeness (QED) is 0.735. The molecule has 2 rings (SSSR count). The fraction of sp³-hybridized carbons (Fsp3) is 0.364. The molecule has 2 aromatic rings. The number of imidazole rings is 1. The minimum Gasteiger partial charge on any atom is -0.288 e. The van der Waals surface area contributed by atoms with Gasteiger partial charge in [-0.1, -0.05) is 30.7 Å². The third kappa shape index (κ3) is 2.04. The predicted octanol–water partition coefficient (Wildman–Crippen LogP) is 2.29. The zero-order chi connectivity index (χ0) is 12.8. The van der Waals surface area contributed by atoms with Gasteiger partial charge in [0.05, 0.1) is 5.69 Å². The standard InChI is InChI=1S/C11H13FN2O2S/c1-11(2,3)9-10(17(12,15)16)14-7-5-4-6-8(14)13-9/h4-7H,1-3H3. The lowest BCUT2D eigenvalue weighted by molar-refractivity contribution is 0.521. The summed E-state index contributed by atoms with van der Waals surface area (Å²) in [5.41, 5.74) is 0.125. The van der Waals surface area contributed by atoms with Crippen LogP contribution in [0.15, 0.2) is 29.4 Å². The zero-order valence-electron chi connectivity index (χ0n) is 9.81. The van der Waals surface area contributed by atoms with Crippen LogP contribution in [0.3, 0.4) is 0 Å². The molecule has 6 heteroatoms. The van der Waals surface area contributed by atoms with E-state index in [4.69, 9.17) is 0 Å². The van der Waals surface area contributed by atoms with E-state index in [0.717, 1.165) is 0 Å². The molecular weight excluding hydrogens is 243 g/mol. The summed E-state index contributed by atoms with van der Waals surface area (Å²) in [6, 6.07) is 5.00. The maximum atomic E-state index is 13.4. The summed E-state index contributed by atoms with van der Waals surface area (Å²) in [4.78, 5) is 4.19. The normalized spacial score (nSPS) is 13.2. The maximum absolute atomic E-state index is 13.4. The Morgan fingerprint density at radius 1 is 1.29 bits per heavy atom. The summed E-state index contributed by atoms with van der Waals surface area (Å²) >= 11 is 0. The molecule has 92 valence electrons. The minimum atomic E-state index is -4.80. The topological polar surface area (TPSA) is 51.4 Å². The lowest BCUT2D eigenvalue weighted by atomic mass is 9.93. The van der Waals surface area contributed by atoms with E-state index >= 15 is 0 Å². The molecule has 0 fully saturated rings. The Morgan fingerprint density at radius 3 is 2.47 bits per heavy atom. The van der Waals surface area contributed by atoms with Crippen LogP contribution in [0.4, 0.5) is 3.89 Å². The molecular formula is C11H13FN2O2S. The first-order valence-electron chi connectivity index (χ1n) is 5.13. The summed E-state index contributed by atoms with van der Waals surface area (Å²) in [7, 11) is -4.80. The van der Waals surface area contributed by atoms with Crippen LogP contribution in [0.25, 0.3) is 5.65 Å². The lowest BCUT2D eigenvalue weighted by Gasteiger charge is -2.15. The molecule has 0 bridgehead atoms. The van der Waals surface area contributed by atoms with E-state index < -0.39 is 15.6 Å². The van der Waals surface area contributed by atoms with E-state index in [0.29, 0.717) is 5.65 Å². The highest BCUT2D eigenvalue weighted by Crippen LogP contribution is 2.30. The largest absolute Gasteiger partial charge is 0.350 e. The van der Waals surface area contributed by atoms with Gasteiger partial charge in [0.25, 0.3) is 0 Å². The number of hydrogen-bond donors (Lipinski definition) is 0. The molecule has 4 nitrogen and oxygen atoms in total. The summed E-state index contributed by atoms with van der Waals surface area (Å²) in [5, 5.41) is -0.374. The zero-order valence-corrected chi connectivity index (χ0v) is 10.6. The molecule has 0 radical (unpaired) electrons. The summed E-state index contributed by atoms with van der Waals surface area (Å²) in [5.74, 6) is 0. The van der Waals surface area contributed by atoms with Crippen molar-refractivity contribution in [1.82, 2.24) is 9.38 Å². The minimum absolute atomic E-state index is 0.242.